The Hall–Kier alpha value is -5.38. The van der Waals surface area contributed by atoms with Gasteiger partial charge in [0.25, 0.3) is 0 Å². The maximum atomic E-state index is 13.5. The average Bonchev–Trinajstić information content (AvgIpc) is 3.29. The molecule has 0 radical (unpaired) electrons. The van der Waals surface area contributed by atoms with E-state index in [1.807, 2.05) is 0 Å². The zero-order valence-corrected chi connectivity index (χ0v) is 40.1. The molecule has 86 heavy (non-hydrogen) atoms. The molecule has 0 fully saturated rings. The van der Waals surface area contributed by atoms with Crippen molar-refractivity contribution in [3.8, 4) is 0 Å². The molecule has 0 rings (SSSR count). The number of carbonyl (C=O) groups is 3. The first-order chi connectivity index (χ1) is 36.9. The molecular formula is C37H25F43O6. The van der Waals surface area contributed by atoms with Crippen LogP contribution in [0.25, 0.3) is 0 Å². The molecule has 0 atom stereocenters. The highest BCUT2D eigenvalue weighted by molar-refractivity contribution is 5.87. The van der Waals surface area contributed by atoms with Crippen LogP contribution < -0.4 is 0 Å². The van der Waals surface area contributed by atoms with Gasteiger partial charge in [0.05, 0.1) is 39.1 Å². The van der Waals surface area contributed by atoms with Crippen LogP contribution in [0.3, 0.4) is 0 Å². The summed E-state index contributed by atoms with van der Waals surface area (Å²) in [4.78, 5) is 32.2. The number of alkyl halides is 43. The third-order valence-corrected chi connectivity index (χ3v) is 9.61. The smallest absolute Gasteiger partial charge is 0.460 e. The highest BCUT2D eigenvalue weighted by Gasteiger charge is 2.96. The fourth-order valence-electron chi connectivity index (χ4n) is 4.40. The monoisotopic (exact) mass is 1380 g/mol. The van der Waals surface area contributed by atoms with E-state index in [0.29, 0.717) is 6.08 Å². The van der Waals surface area contributed by atoms with E-state index in [2.05, 4.69) is 33.9 Å². The number of esters is 3. The first kappa shape index (κ1) is 84.8. The molecule has 0 saturated heterocycles. The molecule has 0 aromatic rings. The van der Waals surface area contributed by atoms with E-state index >= 15 is 0 Å². The molecule has 49 heteroatoms. The molecule has 0 saturated carbocycles. The Bertz CT molecular complexity index is 2370. The molecule has 0 unspecified atom stereocenters. The highest BCUT2D eigenvalue weighted by Crippen LogP contribution is 2.66. The molecule has 0 aliphatic rings. The van der Waals surface area contributed by atoms with Crippen LogP contribution in [0.15, 0.2) is 37.0 Å². The third kappa shape index (κ3) is 14.8. The topological polar surface area (TPSA) is 78.9 Å². The average molecular weight is 1380 g/mol. The van der Waals surface area contributed by atoms with Gasteiger partial charge in [-0.15, -0.1) is 0 Å². The predicted molar refractivity (Wildman–Crippen MR) is 189 cm³/mol. The molecule has 0 aromatic heterocycles. The Labute approximate surface area is 445 Å². The second-order valence-electron chi connectivity index (χ2n) is 16.1. The number of ether oxygens (including phenoxy) is 3. The molecule has 0 spiro atoms. The van der Waals surface area contributed by atoms with Crippen molar-refractivity contribution in [2.45, 2.75) is 152 Å². The molecule has 0 amide bonds. The second kappa shape index (κ2) is 25.2. The maximum Gasteiger partial charge on any atom is 0.460 e. The number of rotatable bonds is 26. The van der Waals surface area contributed by atoms with Crippen molar-refractivity contribution in [2.75, 3.05) is 19.8 Å². The van der Waals surface area contributed by atoms with Crippen molar-refractivity contribution in [3.63, 3.8) is 0 Å². The zero-order valence-electron chi connectivity index (χ0n) is 40.1. The zero-order chi connectivity index (χ0) is 71.0. The van der Waals surface area contributed by atoms with Gasteiger partial charge in [0.1, 0.15) is 0 Å². The Kier molecular flexibility index (Phi) is 24.9. The van der Waals surface area contributed by atoms with Crippen LogP contribution in [0.2, 0.25) is 0 Å². The number of halogens is 43. The van der Waals surface area contributed by atoms with Gasteiger partial charge in [-0.25, -0.2) is 14.4 Å². The highest BCUT2D eigenvalue weighted by atomic mass is 19.5. The number of hydrogen-bond donors (Lipinski definition) is 0. The van der Waals surface area contributed by atoms with E-state index in [4.69, 9.17) is 0 Å². The number of hydrogen-bond acceptors (Lipinski definition) is 6. The van der Waals surface area contributed by atoms with E-state index in [0.717, 1.165) is 13.8 Å². The first-order valence-corrected chi connectivity index (χ1v) is 19.9. The molecule has 510 valence electrons. The summed E-state index contributed by atoms with van der Waals surface area (Å²) in [5.74, 6) is -136. The molecule has 6 nitrogen and oxygen atoms in total. The van der Waals surface area contributed by atoms with E-state index in [1.165, 1.54) is 0 Å². The van der Waals surface area contributed by atoms with Crippen molar-refractivity contribution < 1.29 is 217 Å². The Morgan fingerprint density at radius 1 is 0.279 bits per heavy atom. The molecule has 0 N–H and O–H groups in total. The van der Waals surface area contributed by atoms with Crippen molar-refractivity contribution in [1.29, 1.82) is 0 Å². The fourth-order valence-corrected chi connectivity index (χ4v) is 4.40. The largest absolute Gasteiger partial charge is 0.462 e. The Morgan fingerprint density at radius 2 is 0.430 bits per heavy atom. The SMILES string of the molecule is C=C(C)C(=O)OCCC(F)(F)C(F)(F)C(F)(F)C(F)(F)C(F)(F)C(F)(F)C(F)(F)C(F)(F)F.C=C(C)C(=O)OCCC(F)(F)C(F)(F)C(F)(F)C(F)(F)C(F)(F)C(F)(F)F.C=CC(=O)OCCC(F)(F)C(F)(F)C(F)(F)C(F)(F)C(F)(F)C(F)(F)F. The Balaban J connectivity index is -0.00000121. The lowest BCUT2D eigenvalue weighted by Crippen LogP contribution is -2.74. The van der Waals surface area contributed by atoms with Gasteiger partial charge in [0.2, 0.25) is 0 Å². The molecule has 0 aliphatic carbocycles. The van der Waals surface area contributed by atoms with Gasteiger partial charge in [0.15, 0.2) is 0 Å². The van der Waals surface area contributed by atoms with Crippen molar-refractivity contribution in [2.24, 2.45) is 0 Å². The van der Waals surface area contributed by atoms with E-state index < -0.39 is 187 Å². The summed E-state index contributed by atoms with van der Waals surface area (Å²) < 4.78 is 563. The van der Waals surface area contributed by atoms with Crippen LogP contribution in [-0.2, 0) is 28.6 Å². The first-order valence-electron chi connectivity index (χ1n) is 19.9. The molecule has 0 aliphatic heterocycles. The molecule has 0 bridgehead atoms. The van der Waals surface area contributed by atoms with Crippen molar-refractivity contribution >= 4 is 17.9 Å². The molecule has 0 heterocycles. The van der Waals surface area contributed by atoms with Crippen LogP contribution in [0, 0.1) is 0 Å². The standard InChI is InChI=1S/C14H9F17O2.C12H9F13O2.C11H7F13O2/c1-5(2)6(32)33-4-3-7(15,16)8(17,18)9(19,20)10(21,22)11(23,24)12(25,26)13(27,28)14(29,30)31;1-5(2)6(26)27-4-3-7(13,14)8(15,16)9(17,18)10(19,20)11(21,22)12(23,24)25;1-2-5(25)26-4-3-6(12,13)7(14,15)8(16,17)9(18,19)10(20,21)11(22,23)24/h1,3-4H2,2H3;1,3-4H2,2H3;2H,1,3-4H2. The third-order valence-electron chi connectivity index (χ3n) is 9.61. The molecular weight excluding hydrogens is 1360 g/mol. The van der Waals surface area contributed by atoms with Gasteiger partial charge in [-0.1, -0.05) is 19.7 Å². The van der Waals surface area contributed by atoms with Gasteiger partial charge in [-0.2, -0.15) is 189 Å². The lowest BCUT2D eigenvalue weighted by atomic mass is 9.88. The quantitative estimate of drug-likeness (QED) is 0.0372. The lowest BCUT2D eigenvalue weighted by Gasteiger charge is -2.42. The normalized spacial score (nSPS) is 15.1. The van der Waals surface area contributed by atoms with Gasteiger partial charge in [-0.3, -0.25) is 0 Å². The van der Waals surface area contributed by atoms with Gasteiger partial charge in [-0.05, 0) is 13.8 Å². The summed E-state index contributed by atoms with van der Waals surface area (Å²) in [6.45, 7) is 4.73. The van der Waals surface area contributed by atoms with Crippen LogP contribution in [0.4, 0.5) is 189 Å². The minimum absolute atomic E-state index is 0.308. The van der Waals surface area contributed by atoms with Crippen LogP contribution in [0.5, 0.6) is 0 Å². The van der Waals surface area contributed by atoms with Crippen LogP contribution >= 0.6 is 0 Å². The minimum Gasteiger partial charge on any atom is -0.462 e. The summed E-state index contributed by atoms with van der Waals surface area (Å²) in [6.07, 6.45) is -30.4. The molecule has 0 aromatic carbocycles. The summed E-state index contributed by atoms with van der Waals surface area (Å²) >= 11 is 0. The fraction of sp³-hybridized carbons (Fsp3) is 0.757. The lowest BCUT2D eigenvalue weighted by molar-refractivity contribution is -0.461. The summed E-state index contributed by atoms with van der Waals surface area (Å²) in [7, 11) is 0. The number of carbonyl (C=O) groups excluding carboxylic acids is 3. The maximum absolute atomic E-state index is 13.5. The van der Waals surface area contributed by atoms with Gasteiger partial charge >= 0.3 is 137 Å². The summed E-state index contributed by atoms with van der Waals surface area (Å²) in [6, 6.07) is 0. The minimum atomic E-state index is -8.67. The van der Waals surface area contributed by atoms with Gasteiger partial charge < -0.3 is 14.2 Å². The van der Waals surface area contributed by atoms with E-state index in [-0.39, 0.29) is 0 Å². The van der Waals surface area contributed by atoms with Crippen LogP contribution in [-0.4, -0.2) is 157 Å². The second-order valence-corrected chi connectivity index (χ2v) is 16.1. The van der Waals surface area contributed by atoms with E-state index in [1.54, 1.807) is 0 Å². The van der Waals surface area contributed by atoms with Crippen LogP contribution in [0.1, 0.15) is 33.1 Å². The van der Waals surface area contributed by atoms with Gasteiger partial charge in [0, 0.05) is 17.2 Å². The van der Waals surface area contributed by atoms with E-state index in [9.17, 15) is 203 Å². The van der Waals surface area contributed by atoms with Crippen molar-refractivity contribution in [3.05, 3.63) is 37.0 Å². The summed E-state index contributed by atoms with van der Waals surface area (Å²) in [5.41, 5.74) is -1.05. The predicted octanol–water partition coefficient (Wildman–Crippen LogP) is 16.6. The summed E-state index contributed by atoms with van der Waals surface area (Å²) in [5, 5.41) is 0. The Morgan fingerprint density at radius 3 is 0.581 bits per heavy atom. The van der Waals surface area contributed by atoms with Crippen molar-refractivity contribution in [1.82, 2.24) is 0 Å².